The summed E-state index contributed by atoms with van der Waals surface area (Å²) in [7, 11) is 0. The van der Waals surface area contributed by atoms with Gasteiger partial charge in [-0.1, -0.05) is 32.9 Å². The number of hydrogen-bond acceptors (Lipinski definition) is 2. The number of amides is 1. The first-order valence-electron chi connectivity index (χ1n) is 6.48. The number of hydrogen-bond donors (Lipinski definition) is 1. The fourth-order valence-corrected chi connectivity index (χ4v) is 2.37. The predicted octanol–water partition coefficient (Wildman–Crippen LogP) is 2.26. The molecule has 0 spiro atoms. The standard InChI is InChI=1S/C15H21NO2/c1-15(2,3)12-5-6-13-11(10-12)4-7-14(18)16(13)8-9-17/h5-6,10,17H,4,7-9H2,1-3H3. The zero-order chi connectivity index (χ0) is 13.3. The third-order valence-corrected chi connectivity index (χ3v) is 3.47. The Balaban J connectivity index is 2.40. The largest absolute Gasteiger partial charge is 0.395 e. The smallest absolute Gasteiger partial charge is 0.227 e. The van der Waals surface area contributed by atoms with Gasteiger partial charge in [0.05, 0.1) is 6.61 Å². The second-order valence-electron chi connectivity index (χ2n) is 5.86. The number of nitrogens with zero attached hydrogens (tertiary/aromatic N) is 1. The molecule has 1 aliphatic rings. The molecule has 0 aromatic heterocycles. The van der Waals surface area contributed by atoms with Gasteiger partial charge in [-0.3, -0.25) is 4.79 Å². The summed E-state index contributed by atoms with van der Waals surface area (Å²) in [4.78, 5) is 13.5. The van der Waals surface area contributed by atoms with Gasteiger partial charge in [-0.2, -0.15) is 0 Å². The molecule has 0 aliphatic carbocycles. The van der Waals surface area contributed by atoms with Crippen LogP contribution in [0.4, 0.5) is 5.69 Å². The van der Waals surface area contributed by atoms with E-state index in [2.05, 4.69) is 32.9 Å². The number of aliphatic hydroxyl groups excluding tert-OH is 1. The lowest BCUT2D eigenvalue weighted by Gasteiger charge is -2.30. The monoisotopic (exact) mass is 247 g/mol. The van der Waals surface area contributed by atoms with E-state index in [9.17, 15) is 4.79 Å². The predicted molar refractivity (Wildman–Crippen MR) is 72.9 cm³/mol. The summed E-state index contributed by atoms with van der Waals surface area (Å²) in [5.41, 5.74) is 3.60. The average molecular weight is 247 g/mol. The van der Waals surface area contributed by atoms with Crippen LogP contribution in [0.5, 0.6) is 0 Å². The van der Waals surface area contributed by atoms with Crippen molar-refractivity contribution in [3.05, 3.63) is 29.3 Å². The number of β-amino-alcohol motifs (C(OH)–C–C–N with tert-alkyl or cyclic N) is 1. The number of carbonyl (C=O) groups is 1. The molecule has 0 saturated carbocycles. The van der Waals surface area contributed by atoms with Crippen molar-refractivity contribution in [3.63, 3.8) is 0 Å². The van der Waals surface area contributed by atoms with Gasteiger partial charge in [0.15, 0.2) is 0 Å². The minimum Gasteiger partial charge on any atom is -0.395 e. The maximum Gasteiger partial charge on any atom is 0.227 e. The van der Waals surface area contributed by atoms with E-state index in [0.29, 0.717) is 13.0 Å². The molecular weight excluding hydrogens is 226 g/mol. The average Bonchev–Trinajstić information content (AvgIpc) is 2.31. The summed E-state index contributed by atoms with van der Waals surface area (Å²) in [5, 5.41) is 9.05. The molecule has 1 amide bonds. The molecule has 0 fully saturated rings. The van der Waals surface area contributed by atoms with Crippen LogP contribution < -0.4 is 4.90 Å². The van der Waals surface area contributed by atoms with Crippen molar-refractivity contribution in [3.8, 4) is 0 Å². The van der Waals surface area contributed by atoms with Crippen LogP contribution in [0.1, 0.15) is 38.3 Å². The molecule has 1 aromatic rings. The molecule has 98 valence electrons. The summed E-state index contributed by atoms with van der Waals surface area (Å²) < 4.78 is 0. The van der Waals surface area contributed by atoms with Gasteiger partial charge in [0, 0.05) is 18.7 Å². The number of aryl methyl sites for hydroxylation is 1. The summed E-state index contributed by atoms with van der Waals surface area (Å²) in [6.45, 7) is 6.96. The zero-order valence-corrected chi connectivity index (χ0v) is 11.4. The molecule has 0 unspecified atom stereocenters. The van der Waals surface area contributed by atoms with Gasteiger partial charge in [-0.15, -0.1) is 0 Å². The van der Waals surface area contributed by atoms with Crippen molar-refractivity contribution in [2.24, 2.45) is 0 Å². The molecule has 0 saturated heterocycles. The van der Waals surface area contributed by atoms with Crippen LogP contribution in [0, 0.1) is 0 Å². The minimum absolute atomic E-state index is 0.00615. The van der Waals surface area contributed by atoms with Gasteiger partial charge in [0.2, 0.25) is 5.91 Å². The number of fused-ring (bicyclic) bond motifs is 1. The number of aliphatic hydroxyl groups is 1. The molecule has 18 heavy (non-hydrogen) atoms. The van der Waals surface area contributed by atoms with E-state index in [1.54, 1.807) is 4.90 Å². The quantitative estimate of drug-likeness (QED) is 0.870. The Hall–Kier alpha value is -1.35. The summed E-state index contributed by atoms with van der Waals surface area (Å²) in [6, 6.07) is 6.30. The first-order chi connectivity index (χ1) is 8.43. The zero-order valence-electron chi connectivity index (χ0n) is 11.4. The molecule has 1 aromatic carbocycles. The SMILES string of the molecule is CC(C)(C)c1ccc2c(c1)CCC(=O)N2CCO. The molecule has 1 N–H and O–H groups in total. The first kappa shape index (κ1) is 13.1. The van der Waals surface area contributed by atoms with Crippen molar-refractivity contribution in [2.45, 2.75) is 39.0 Å². The van der Waals surface area contributed by atoms with E-state index in [1.165, 1.54) is 11.1 Å². The van der Waals surface area contributed by atoms with E-state index in [1.807, 2.05) is 6.07 Å². The van der Waals surface area contributed by atoms with E-state index in [-0.39, 0.29) is 17.9 Å². The van der Waals surface area contributed by atoms with Crippen LogP contribution in [0.2, 0.25) is 0 Å². The summed E-state index contributed by atoms with van der Waals surface area (Å²) in [6.07, 6.45) is 1.35. The fraction of sp³-hybridized carbons (Fsp3) is 0.533. The van der Waals surface area contributed by atoms with E-state index < -0.39 is 0 Å². The fourth-order valence-electron chi connectivity index (χ4n) is 2.37. The topological polar surface area (TPSA) is 40.5 Å². The highest BCUT2D eigenvalue weighted by Crippen LogP contribution is 2.32. The van der Waals surface area contributed by atoms with E-state index in [4.69, 9.17) is 5.11 Å². The van der Waals surface area contributed by atoms with Gasteiger partial charge in [-0.25, -0.2) is 0 Å². The molecule has 3 heteroatoms. The molecule has 0 bridgehead atoms. The Kier molecular flexibility index (Phi) is 3.44. The maximum absolute atomic E-state index is 11.8. The number of benzene rings is 1. The Bertz CT molecular complexity index is 460. The molecular formula is C15H21NO2. The Morgan fingerprint density at radius 1 is 1.28 bits per heavy atom. The molecule has 1 heterocycles. The van der Waals surface area contributed by atoms with Crippen LogP contribution in [0.25, 0.3) is 0 Å². The molecule has 0 radical (unpaired) electrons. The summed E-state index contributed by atoms with van der Waals surface area (Å²) >= 11 is 0. The van der Waals surface area contributed by atoms with E-state index >= 15 is 0 Å². The highest BCUT2D eigenvalue weighted by Gasteiger charge is 2.25. The first-order valence-corrected chi connectivity index (χ1v) is 6.48. The Labute approximate surface area is 108 Å². The highest BCUT2D eigenvalue weighted by molar-refractivity contribution is 5.96. The lowest BCUT2D eigenvalue weighted by molar-refractivity contribution is -0.119. The molecule has 0 atom stereocenters. The highest BCUT2D eigenvalue weighted by atomic mass is 16.3. The number of anilines is 1. The van der Waals surface area contributed by atoms with Gasteiger partial charge < -0.3 is 10.0 Å². The van der Waals surface area contributed by atoms with Crippen molar-refractivity contribution < 1.29 is 9.90 Å². The van der Waals surface area contributed by atoms with Crippen molar-refractivity contribution >= 4 is 11.6 Å². The Morgan fingerprint density at radius 2 is 2.00 bits per heavy atom. The molecule has 3 nitrogen and oxygen atoms in total. The van der Waals surface area contributed by atoms with Crippen molar-refractivity contribution in [2.75, 3.05) is 18.1 Å². The molecule has 1 aliphatic heterocycles. The van der Waals surface area contributed by atoms with Crippen molar-refractivity contribution in [1.82, 2.24) is 0 Å². The van der Waals surface area contributed by atoms with Gasteiger partial charge in [-0.05, 0) is 29.0 Å². The van der Waals surface area contributed by atoms with Crippen LogP contribution in [0.3, 0.4) is 0 Å². The van der Waals surface area contributed by atoms with Crippen LogP contribution in [-0.4, -0.2) is 24.2 Å². The third-order valence-electron chi connectivity index (χ3n) is 3.47. The minimum atomic E-state index is 0.00615. The molecule has 2 rings (SSSR count). The van der Waals surface area contributed by atoms with Gasteiger partial charge in [0.25, 0.3) is 0 Å². The van der Waals surface area contributed by atoms with Crippen LogP contribution in [-0.2, 0) is 16.6 Å². The Morgan fingerprint density at radius 3 is 2.61 bits per heavy atom. The third kappa shape index (κ3) is 2.41. The van der Waals surface area contributed by atoms with Gasteiger partial charge in [0.1, 0.15) is 0 Å². The van der Waals surface area contributed by atoms with Crippen LogP contribution in [0.15, 0.2) is 18.2 Å². The maximum atomic E-state index is 11.8. The lowest BCUT2D eigenvalue weighted by atomic mass is 9.84. The van der Waals surface area contributed by atoms with Gasteiger partial charge >= 0.3 is 0 Å². The summed E-state index contributed by atoms with van der Waals surface area (Å²) in [5.74, 6) is 0.111. The number of rotatable bonds is 2. The van der Waals surface area contributed by atoms with Crippen molar-refractivity contribution in [1.29, 1.82) is 0 Å². The van der Waals surface area contributed by atoms with E-state index in [0.717, 1.165) is 12.1 Å². The van der Waals surface area contributed by atoms with Crippen LogP contribution >= 0.6 is 0 Å². The second-order valence-corrected chi connectivity index (χ2v) is 5.86. The normalized spacial score (nSPS) is 15.8. The lowest BCUT2D eigenvalue weighted by Crippen LogP contribution is -2.37. The second kappa shape index (κ2) is 4.73. The number of carbonyl (C=O) groups excluding carboxylic acids is 1.